The normalized spacial score (nSPS) is 42.2. The van der Waals surface area contributed by atoms with Crippen LogP contribution in [0, 0.1) is 18.4 Å². The number of carbonyl (C=O) groups is 1. The van der Waals surface area contributed by atoms with Crippen LogP contribution in [0.1, 0.15) is 6.92 Å². The number of rotatable bonds is 2. The molecule has 4 unspecified atom stereocenters. The molecule has 4 heteroatoms. The highest BCUT2D eigenvalue weighted by Crippen LogP contribution is 2.31. The predicted molar refractivity (Wildman–Crippen MR) is 41.0 cm³/mol. The number of hydrogen-bond acceptors (Lipinski definition) is 4. The molecule has 0 saturated heterocycles. The van der Waals surface area contributed by atoms with E-state index in [2.05, 4.69) is 0 Å². The Morgan fingerprint density at radius 1 is 1.42 bits per heavy atom. The van der Waals surface area contributed by atoms with E-state index >= 15 is 0 Å². The topological polar surface area (TPSA) is 66.8 Å². The van der Waals surface area contributed by atoms with Crippen molar-refractivity contribution in [1.82, 2.24) is 0 Å². The van der Waals surface area contributed by atoms with Gasteiger partial charge in [-0.3, -0.25) is 4.79 Å². The van der Waals surface area contributed by atoms with Crippen molar-refractivity contribution in [2.45, 2.75) is 19.1 Å². The van der Waals surface area contributed by atoms with E-state index in [1.54, 1.807) is 6.92 Å². The van der Waals surface area contributed by atoms with E-state index < -0.39 is 23.9 Å². The van der Waals surface area contributed by atoms with Crippen LogP contribution < -0.4 is 0 Å². The fourth-order valence-electron chi connectivity index (χ4n) is 1.48. The Morgan fingerprint density at radius 3 is 2.33 bits per heavy atom. The van der Waals surface area contributed by atoms with E-state index in [-0.39, 0.29) is 5.92 Å². The van der Waals surface area contributed by atoms with Crippen molar-refractivity contribution >= 4 is 5.78 Å². The third kappa shape index (κ3) is 1.37. The molecular weight excluding hydrogens is 160 g/mol. The number of methoxy groups -OCH3 is 1. The average molecular weight is 173 g/mol. The third-order valence-electron chi connectivity index (χ3n) is 2.35. The number of carbonyl (C=O) groups excluding carboxylic acids is 1. The summed E-state index contributed by atoms with van der Waals surface area (Å²) in [4.78, 5) is 11.0. The van der Waals surface area contributed by atoms with Gasteiger partial charge in [-0.25, -0.2) is 0 Å². The second kappa shape index (κ2) is 3.51. The summed E-state index contributed by atoms with van der Waals surface area (Å²) in [5.74, 6) is -1.18. The van der Waals surface area contributed by atoms with Gasteiger partial charge in [0.15, 0.2) is 5.78 Å². The molecule has 0 aromatic rings. The first-order valence-corrected chi connectivity index (χ1v) is 3.85. The molecule has 0 aromatic carbocycles. The zero-order valence-electron chi connectivity index (χ0n) is 7.10. The van der Waals surface area contributed by atoms with E-state index in [9.17, 15) is 15.0 Å². The molecule has 69 valence electrons. The Balaban J connectivity index is 2.69. The van der Waals surface area contributed by atoms with Gasteiger partial charge in [0.2, 0.25) is 0 Å². The molecule has 1 aliphatic rings. The summed E-state index contributed by atoms with van der Waals surface area (Å²) in [6.45, 7) is 3.10. The van der Waals surface area contributed by atoms with Crippen molar-refractivity contribution in [2.24, 2.45) is 11.8 Å². The highest BCUT2D eigenvalue weighted by molar-refractivity contribution is 5.90. The quantitative estimate of drug-likeness (QED) is 0.582. The molecule has 0 amide bonds. The Kier molecular flexibility index (Phi) is 2.82. The second-order valence-corrected chi connectivity index (χ2v) is 3.10. The Bertz CT molecular complexity index is 180. The molecule has 0 spiro atoms. The number of hydrogen-bond donors (Lipinski definition) is 2. The van der Waals surface area contributed by atoms with Gasteiger partial charge in [-0.05, 0) is 5.92 Å². The van der Waals surface area contributed by atoms with Crippen molar-refractivity contribution in [1.29, 1.82) is 0 Å². The first-order chi connectivity index (χ1) is 5.59. The Morgan fingerprint density at radius 2 is 2.00 bits per heavy atom. The van der Waals surface area contributed by atoms with Crippen molar-refractivity contribution in [3.05, 3.63) is 6.61 Å². The predicted octanol–water partition coefficient (Wildman–Crippen LogP) is -0.649. The average Bonchev–Trinajstić information content (AvgIpc) is 2.23. The monoisotopic (exact) mass is 173 g/mol. The number of ketones is 1. The van der Waals surface area contributed by atoms with Gasteiger partial charge in [-0.1, -0.05) is 6.92 Å². The van der Waals surface area contributed by atoms with Gasteiger partial charge in [0, 0.05) is 13.0 Å². The maximum absolute atomic E-state index is 11.0. The molecule has 0 aromatic heterocycles. The van der Waals surface area contributed by atoms with E-state index in [4.69, 9.17) is 4.74 Å². The lowest BCUT2D eigenvalue weighted by molar-refractivity contribution is -0.131. The van der Waals surface area contributed by atoms with Crippen LogP contribution in [0.5, 0.6) is 0 Å². The summed E-state index contributed by atoms with van der Waals surface area (Å²) >= 11 is 0. The van der Waals surface area contributed by atoms with Crippen LogP contribution >= 0.6 is 0 Å². The van der Waals surface area contributed by atoms with Gasteiger partial charge in [0.25, 0.3) is 0 Å². The van der Waals surface area contributed by atoms with E-state index in [1.165, 1.54) is 13.7 Å². The van der Waals surface area contributed by atoms with Crippen LogP contribution in [0.2, 0.25) is 0 Å². The molecule has 1 fully saturated rings. The van der Waals surface area contributed by atoms with Gasteiger partial charge in [0.1, 0.15) is 12.2 Å². The van der Waals surface area contributed by atoms with Crippen molar-refractivity contribution in [2.75, 3.05) is 7.11 Å². The lowest BCUT2D eigenvalue weighted by Gasteiger charge is -2.15. The Hall–Kier alpha value is -0.450. The molecule has 1 radical (unpaired) electrons. The maximum atomic E-state index is 11.0. The van der Waals surface area contributed by atoms with Crippen LogP contribution in [0.25, 0.3) is 0 Å². The standard InChI is InChI=1S/C8H13O4/c1-4-5(3-12-2)7(10)8(11)6(4)9/h3-7,9-10H,1-2H3. The lowest BCUT2D eigenvalue weighted by atomic mass is 9.97. The summed E-state index contributed by atoms with van der Waals surface area (Å²) < 4.78 is 4.71. The van der Waals surface area contributed by atoms with Crippen LogP contribution in [0.3, 0.4) is 0 Å². The summed E-state index contributed by atoms with van der Waals surface area (Å²) in [6, 6.07) is 0. The zero-order chi connectivity index (χ0) is 9.30. The Labute approximate surface area is 71.2 Å². The maximum Gasteiger partial charge on any atom is 0.190 e. The number of aliphatic hydroxyl groups is 2. The van der Waals surface area contributed by atoms with E-state index in [1.807, 2.05) is 0 Å². The molecule has 0 aliphatic heterocycles. The van der Waals surface area contributed by atoms with Crippen LogP contribution in [-0.2, 0) is 9.53 Å². The molecule has 2 N–H and O–H groups in total. The van der Waals surface area contributed by atoms with Crippen molar-refractivity contribution in [3.8, 4) is 0 Å². The van der Waals surface area contributed by atoms with Crippen LogP contribution in [0.4, 0.5) is 0 Å². The lowest BCUT2D eigenvalue weighted by Crippen LogP contribution is -2.24. The molecule has 4 nitrogen and oxygen atoms in total. The van der Waals surface area contributed by atoms with Gasteiger partial charge in [0.05, 0.1) is 6.61 Å². The zero-order valence-corrected chi connectivity index (χ0v) is 7.10. The molecule has 4 atom stereocenters. The first-order valence-electron chi connectivity index (χ1n) is 3.85. The molecule has 12 heavy (non-hydrogen) atoms. The van der Waals surface area contributed by atoms with Gasteiger partial charge >= 0.3 is 0 Å². The van der Waals surface area contributed by atoms with Crippen molar-refractivity contribution < 1.29 is 19.7 Å². The van der Waals surface area contributed by atoms with Gasteiger partial charge in [-0.15, -0.1) is 0 Å². The summed E-state index contributed by atoms with van der Waals surface area (Å²) in [7, 11) is 1.45. The summed E-state index contributed by atoms with van der Waals surface area (Å²) in [5.41, 5.74) is 0. The minimum absolute atomic E-state index is 0.271. The molecule has 1 saturated carbocycles. The number of aliphatic hydroxyl groups excluding tert-OH is 2. The fourth-order valence-corrected chi connectivity index (χ4v) is 1.48. The van der Waals surface area contributed by atoms with Gasteiger partial charge < -0.3 is 14.9 Å². The molecule has 0 heterocycles. The number of ether oxygens (including phenoxy) is 1. The first kappa shape index (κ1) is 9.64. The molecule has 1 aliphatic carbocycles. The molecule has 1 rings (SSSR count). The minimum Gasteiger partial charge on any atom is -0.385 e. The summed E-state index contributed by atoms with van der Waals surface area (Å²) in [5, 5.41) is 18.6. The largest absolute Gasteiger partial charge is 0.385 e. The van der Waals surface area contributed by atoms with Crippen LogP contribution in [0.15, 0.2) is 0 Å². The smallest absolute Gasteiger partial charge is 0.190 e. The van der Waals surface area contributed by atoms with E-state index in [0.29, 0.717) is 0 Å². The third-order valence-corrected chi connectivity index (χ3v) is 2.35. The number of Topliss-reactive ketones (excluding diaryl/α,β-unsaturated/α-hetero) is 1. The van der Waals surface area contributed by atoms with Crippen LogP contribution in [-0.4, -0.2) is 35.3 Å². The highest BCUT2D eigenvalue weighted by Gasteiger charge is 2.46. The SMILES string of the molecule is CO[CH]C1C(O)C(=O)C(O)C1C. The molecular formula is C8H13O4. The van der Waals surface area contributed by atoms with Crippen molar-refractivity contribution in [3.63, 3.8) is 0 Å². The summed E-state index contributed by atoms with van der Waals surface area (Å²) in [6.07, 6.45) is -2.17. The minimum atomic E-state index is -1.12. The fraction of sp³-hybridized carbons (Fsp3) is 0.750. The van der Waals surface area contributed by atoms with E-state index in [0.717, 1.165) is 0 Å². The molecule has 0 bridgehead atoms. The van der Waals surface area contributed by atoms with Gasteiger partial charge in [-0.2, -0.15) is 0 Å². The highest BCUT2D eigenvalue weighted by atomic mass is 16.5. The second-order valence-electron chi connectivity index (χ2n) is 3.10.